The molecule has 2 fully saturated rings. The molecule has 28 heavy (non-hydrogen) atoms. The summed E-state index contributed by atoms with van der Waals surface area (Å²) in [5.74, 6) is 0.650. The molecule has 4 heterocycles. The highest BCUT2D eigenvalue weighted by atomic mass is 32.1. The zero-order valence-corrected chi connectivity index (χ0v) is 16.1. The lowest BCUT2D eigenvalue weighted by Gasteiger charge is -2.37. The molecule has 1 atom stereocenters. The molecule has 0 radical (unpaired) electrons. The number of carbonyl (C=O) groups is 1. The Hall–Kier alpha value is -2.74. The fraction of sp³-hybridized carbons (Fsp3) is 0.350. The number of rotatable bonds is 3. The lowest BCUT2D eigenvalue weighted by atomic mass is 10.0. The third kappa shape index (κ3) is 2.97. The van der Waals surface area contributed by atoms with Crippen molar-refractivity contribution in [2.45, 2.75) is 18.9 Å². The van der Waals surface area contributed by atoms with Crippen LogP contribution in [0.3, 0.4) is 0 Å². The number of fused-ring (bicyclic) bond motifs is 1. The van der Waals surface area contributed by atoms with E-state index in [1.165, 1.54) is 12.1 Å². The number of hydrogen-bond donors (Lipinski definition) is 1. The normalized spacial score (nSPS) is 20.0. The predicted octanol–water partition coefficient (Wildman–Crippen LogP) is 3.49. The summed E-state index contributed by atoms with van der Waals surface area (Å²) in [6.07, 6.45) is 3.62. The number of thiophene rings is 1. The van der Waals surface area contributed by atoms with Gasteiger partial charge in [-0.05, 0) is 30.5 Å². The molecule has 0 saturated carbocycles. The van der Waals surface area contributed by atoms with Crippen LogP contribution in [0.25, 0.3) is 21.3 Å². The number of hydrogen-bond acceptors (Lipinski definition) is 5. The first-order valence-electron chi connectivity index (χ1n) is 9.48. The van der Waals surface area contributed by atoms with E-state index in [0.29, 0.717) is 6.54 Å². The average Bonchev–Trinajstić information content (AvgIpc) is 3.35. The van der Waals surface area contributed by atoms with E-state index in [2.05, 4.69) is 25.6 Å². The first kappa shape index (κ1) is 17.4. The van der Waals surface area contributed by atoms with Gasteiger partial charge in [0, 0.05) is 37.1 Å². The molecule has 2 amide bonds. The summed E-state index contributed by atoms with van der Waals surface area (Å²) in [5, 5.41) is 5.96. The van der Waals surface area contributed by atoms with Gasteiger partial charge < -0.3 is 15.1 Å². The molecular weight excluding hydrogens is 377 g/mol. The Bertz CT molecular complexity index is 1020. The van der Waals surface area contributed by atoms with Crippen LogP contribution in [0.4, 0.5) is 15.0 Å². The topological polar surface area (TPSA) is 61.4 Å². The molecule has 0 aliphatic carbocycles. The van der Waals surface area contributed by atoms with Gasteiger partial charge in [0.2, 0.25) is 0 Å². The minimum absolute atomic E-state index is 0.0298. The van der Waals surface area contributed by atoms with Crippen LogP contribution in [0.15, 0.2) is 36.0 Å². The smallest absolute Gasteiger partial charge is 0.317 e. The number of carbonyl (C=O) groups excluding carboxylic acids is 1. The third-order valence-corrected chi connectivity index (χ3v) is 6.42. The van der Waals surface area contributed by atoms with Gasteiger partial charge in [-0.15, -0.1) is 11.3 Å². The van der Waals surface area contributed by atoms with Crippen molar-refractivity contribution in [2.75, 3.05) is 31.1 Å². The molecular formula is C20H20FN5OS. The first-order valence-corrected chi connectivity index (χ1v) is 10.4. The van der Waals surface area contributed by atoms with Crippen molar-refractivity contribution in [2.24, 2.45) is 0 Å². The fourth-order valence-electron chi connectivity index (χ4n) is 4.18. The molecule has 0 bridgehead atoms. The summed E-state index contributed by atoms with van der Waals surface area (Å²) < 4.78 is 13.4. The van der Waals surface area contributed by atoms with E-state index in [9.17, 15) is 9.18 Å². The van der Waals surface area contributed by atoms with E-state index in [1.807, 2.05) is 4.90 Å². The lowest BCUT2D eigenvalue weighted by molar-refractivity contribution is 0.189. The quantitative estimate of drug-likeness (QED) is 0.735. The molecule has 2 aromatic heterocycles. The molecule has 8 heteroatoms. The van der Waals surface area contributed by atoms with Crippen LogP contribution >= 0.6 is 11.3 Å². The lowest BCUT2D eigenvalue weighted by Crippen LogP contribution is -2.49. The minimum atomic E-state index is -0.248. The maximum atomic E-state index is 13.4. The Morgan fingerprint density at radius 3 is 2.82 bits per heavy atom. The highest BCUT2D eigenvalue weighted by Gasteiger charge is 2.32. The summed E-state index contributed by atoms with van der Waals surface area (Å²) in [6.45, 7) is 3.14. The Labute approximate surface area is 166 Å². The average molecular weight is 397 g/mol. The van der Waals surface area contributed by atoms with Crippen molar-refractivity contribution in [1.29, 1.82) is 0 Å². The van der Waals surface area contributed by atoms with Gasteiger partial charge in [0.1, 0.15) is 22.8 Å². The monoisotopic (exact) mass is 397 g/mol. The van der Waals surface area contributed by atoms with Crippen LogP contribution in [0.1, 0.15) is 12.8 Å². The highest BCUT2D eigenvalue weighted by Crippen LogP contribution is 2.38. The molecule has 2 saturated heterocycles. The standard InChI is InChI=1S/C20H20FN5OS/c21-14-5-3-13(4-6-14)16-11-28-19-17(16)18(23-12-24-19)25-8-1-2-15(10-25)26-9-7-22-20(26)27/h3-6,11-12,15H,1-2,7-10H2,(H,22,27). The van der Waals surface area contributed by atoms with Crippen molar-refractivity contribution in [3.05, 3.63) is 41.8 Å². The van der Waals surface area contributed by atoms with Gasteiger partial charge in [0.15, 0.2) is 0 Å². The van der Waals surface area contributed by atoms with Crippen LogP contribution in [0, 0.1) is 5.82 Å². The van der Waals surface area contributed by atoms with E-state index in [4.69, 9.17) is 0 Å². The predicted molar refractivity (Wildman–Crippen MR) is 108 cm³/mol. The number of anilines is 1. The Kier molecular flexibility index (Phi) is 4.35. The molecule has 3 aromatic rings. The molecule has 2 aliphatic rings. The number of benzene rings is 1. The van der Waals surface area contributed by atoms with Gasteiger partial charge in [0.05, 0.1) is 11.4 Å². The molecule has 144 valence electrons. The number of amides is 2. The zero-order chi connectivity index (χ0) is 19.1. The molecule has 1 unspecified atom stereocenters. The number of halogens is 1. The summed E-state index contributed by atoms with van der Waals surface area (Å²) in [5.41, 5.74) is 1.98. The summed E-state index contributed by atoms with van der Waals surface area (Å²) in [4.78, 5) is 26.3. The van der Waals surface area contributed by atoms with Crippen LogP contribution < -0.4 is 10.2 Å². The summed E-state index contributed by atoms with van der Waals surface area (Å²) in [6, 6.07) is 6.76. The fourth-order valence-corrected chi connectivity index (χ4v) is 5.09. The molecule has 6 nitrogen and oxygen atoms in total. The van der Waals surface area contributed by atoms with Gasteiger partial charge in [-0.3, -0.25) is 0 Å². The van der Waals surface area contributed by atoms with Crippen LogP contribution in [0.5, 0.6) is 0 Å². The summed E-state index contributed by atoms with van der Waals surface area (Å²) >= 11 is 1.57. The van der Waals surface area contributed by atoms with E-state index in [1.54, 1.807) is 29.8 Å². The SMILES string of the molecule is O=C1NCCN1C1CCCN(c2ncnc3scc(-c4ccc(F)cc4)c23)C1. The van der Waals surface area contributed by atoms with Crippen LogP contribution in [-0.2, 0) is 0 Å². The third-order valence-electron chi connectivity index (χ3n) is 5.53. The maximum Gasteiger partial charge on any atom is 0.317 e. The zero-order valence-electron chi connectivity index (χ0n) is 15.3. The second-order valence-corrected chi connectivity index (χ2v) is 8.06. The van der Waals surface area contributed by atoms with Crippen molar-refractivity contribution < 1.29 is 9.18 Å². The molecule has 2 aliphatic heterocycles. The van der Waals surface area contributed by atoms with Crippen molar-refractivity contribution >= 4 is 33.4 Å². The number of piperidine rings is 1. The van der Waals surface area contributed by atoms with Gasteiger partial charge >= 0.3 is 6.03 Å². The number of nitrogens with zero attached hydrogens (tertiary/aromatic N) is 4. The van der Waals surface area contributed by atoms with E-state index in [0.717, 1.165) is 59.6 Å². The minimum Gasteiger partial charge on any atom is -0.354 e. The van der Waals surface area contributed by atoms with Crippen molar-refractivity contribution in [3.8, 4) is 11.1 Å². The van der Waals surface area contributed by atoms with Gasteiger partial charge in [0.25, 0.3) is 0 Å². The molecule has 1 N–H and O–H groups in total. The highest BCUT2D eigenvalue weighted by molar-refractivity contribution is 7.17. The van der Waals surface area contributed by atoms with E-state index < -0.39 is 0 Å². The van der Waals surface area contributed by atoms with E-state index in [-0.39, 0.29) is 17.9 Å². The van der Waals surface area contributed by atoms with Crippen molar-refractivity contribution in [1.82, 2.24) is 20.2 Å². The van der Waals surface area contributed by atoms with Crippen LogP contribution in [-0.4, -0.2) is 53.1 Å². The molecule has 0 spiro atoms. The number of urea groups is 1. The molecule has 1 aromatic carbocycles. The summed E-state index contributed by atoms with van der Waals surface area (Å²) in [7, 11) is 0. The Balaban J connectivity index is 1.52. The second-order valence-electron chi connectivity index (χ2n) is 7.20. The van der Waals surface area contributed by atoms with Gasteiger partial charge in [-0.1, -0.05) is 12.1 Å². The van der Waals surface area contributed by atoms with Gasteiger partial charge in [-0.25, -0.2) is 19.2 Å². The van der Waals surface area contributed by atoms with Gasteiger partial charge in [-0.2, -0.15) is 0 Å². The number of aromatic nitrogens is 2. The first-order chi connectivity index (χ1) is 13.7. The Morgan fingerprint density at radius 2 is 2.04 bits per heavy atom. The largest absolute Gasteiger partial charge is 0.354 e. The second kappa shape index (κ2) is 7.01. The van der Waals surface area contributed by atoms with Crippen LogP contribution in [0.2, 0.25) is 0 Å². The van der Waals surface area contributed by atoms with E-state index >= 15 is 0 Å². The Morgan fingerprint density at radius 1 is 1.18 bits per heavy atom. The van der Waals surface area contributed by atoms with Crippen molar-refractivity contribution in [3.63, 3.8) is 0 Å². The maximum absolute atomic E-state index is 13.4. The molecule has 5 rings (SSSR count). The number of nitrogens with one attached hydrogen (secondary N) is 1.